The van der Waals surface area contributed by atoms with Crippen LogP contribution in [-0.2, 0) is 0 Å². The molecule has 1 unspecified atom stereocenters. The van der Waals surface area contributed by atoms with Crippen molar-refractivity contribution >= 4 is 42.0 Å². The third-order valence-electron chi connectivity index (χ3n) is 0. The molecule has 0 saturated carbocycles. The van der Waals surface area contributed by atoms with Crippen LogP contribution in [-0.4, -0.2) is 51.3 Å². The zero-order valence-electron chi connectivity index (χ0n) is 3.00. The van der Waals surface area contributed by atoms with Crippen LogP contribution in [0.4, 0.5) is 0 Å². The van der Waals surface area contributed by atoms with Gasteiger partial charge in [0, 0.05) is 0 Å². The maximum atomic E-state index is 7.33. The van der Waals surface area contributed by atoms with Crippen molar-refractivity contribution in [1.82, 2.24) is 0 Å². The lowest BCUT2D eigenvalue weighted by Gasteiger charge is -1.91. The molecule has 0 bridgehead atoms. The molecule has 0 aliphatic carbocycles. The minimum absolute atomic E-state index is 0. The second kappa shape index (κ2) is 5.39. The molecular weight excluding hydrogens is 147 g/mol. The minimum atomic E-state index is -4.61. The molecule has 0 aliphatic heterocycles. The van der Waals surface area contributed by atoms with Crippen molar-refractivity contribution in [3.8, 4) is 0 Å². The summed E-state index contributed by atoms with van der Waals surface area (Å²) in [4.78, 5) is 29.3. The van der Waals surface area contributed by atoms with Crippen molar-refractivity contribution < 1.29 is 19.2 Å². The van der Waals surface area contributed by atoms with Gasteiger partial charge in [0.2, 0.25) is 0 Å². The molecule has 0 radical (unpaired) electrons. The molecule has 4 nitrogen and oxygen atoms in total. The lowest BCUT2D eigenvalue weighted by molar-refractivity contribution is 0.117. The second-order valence-corrected chi connectivity index (χ2v) is 1.80. The summed E-state index contributed by atoms with van der Waals surface area (Å²) in [5, 5.41) is 0. The first-order valence-corrected chi connectivity index (χ1v) is 2.68. The van der Waals surface area contributed by atoms with Crippen LogP contribution in [0.3, 0.4) is 0 Å². The van der Waals surface area contributed by atoms with E-state index in [-0.39, 0.29) is 33.0 Å². The third kappa shape index (κ3) is 127. The SMILES string of the molecule is O[Si](O)(O)O.P.[MgH2]. The smallest absolute Gasteiger partial charge is 0.368 e. The zero-order valence-corrected chi connectivity index (χ0v) is 5.41. The van der Waals surface area contributed by atoms with Gasteiger partial charge in [-0.15, -0.1) is 0 Å². The van der Waals surface area contributed by atoms with Crippen molar-refractivity contribution in [2.75, 3.05) is 0 Å². The molecule has 0 aromatic rings. The Morgan fingerprint density at radius 2 is 0.857 bits per heavy atom. The van der Waals surface area contributed by atoms with Crippen LogP contribution in [0.15, 0.2) is 0 Å². The number of rotatable bonds is 0. The molecule has 0 aromatic heterocycles. The van der Waals surface area contributed by atoms with E-state index in [1.54, 1.807) is 0 Å². The fraction of sp³-hybridized carbons (Fsp3) is 0. The Labute approximate surface area is 61.4 Å². The van der Waals surface area contributed by atoms with E-state index in [4.69, 9.17) is 19.2 Å². The van der Waals surface area contributed by atoms with Crippen molar-refractivity contribution in [2.45, 2.75) is 0 Å². The van der Waals surface area contributed by atoms with Crippen LogP contribution in [0, 0.1) is 0 Å². The molecule has 0 rings (SSSR count). The van der Waals surface area contributed by atoms with Crippen LogP contribution in [0.5, 0.6) is 0 Å². The van der Waals surface area contributed by atoms with E-state index in [1.165, 1.54) is 0 Å². The van der Waals surface area contributed by atoms with Crippen LogP contribution in [0.25, 0.3) is 0 Å². The van der Waals surface area contributed by atoms with Gasteiger partial charge in [-0.05, 0) is 0 Å². The molecule has 0 heterocycles. The molecule has 4 N–H and O–H groups in total. The highest BCUT2D eigenvalue weighted by Gasteiger charge is 2.22. The van der Waals surface area contributed by atoms with Crippen LogP contribution in [0.1, 0.15) is 0 Å². The Morgan fingerprint density at radius 1 is 0.857 bits per heavy atom. The van der Waals surface area contributed by atoms with Crippen molar-refractivity contribution in [1.29, 1.82) is 0 Å². The summed E-state index contributed by atoms with van der Waals surface area (Å²) in [5.74, 6) is 0. The Bertz CT molecular complexity index is 27.2. The lowest BCUT2D eigenvalue weighted by Crippen LogP contribution is -2.33. The van der Waals surface area contributed by atoms with Crippen molar-refractivity contribution in [2.24, 2.45) is 0 Å². The molecule has 0 fully saturated rings. The summed E-state index contributed by atoms with van der Waals surface area (Å²) in [7, 11) is -4.61. The van der Waals surface area contributed by atoms with E-state index in [2.05, 4.69) is 0 Å². The van der Waals surface area contributed by atoms with Crippen LogP contribution < -0.4 is 0 Å². The summed E-state index contributed by atoms with van der Waals surface area (Å²) in [6.07, 6.45) is 0. The van der Waals surface area contributed by atoms with Crippen molar-refractivity contribution in [3.63, 3.8) is 0 Å². The van der Waals surface area contributed by atoms with E-state index in [9.17, 15) is 0 Å². The van der Waals surface area contributed by atoms with Gasteiger partial charge in [0.25, 0.3) is 0 Å². The summed E-state index contributed by atoms with van der Waals surface area (Å²) in [6, 6.07) is 0. The van der Waals surface area contributed by atoms with Crippen molar-refractivity contribution in [3.05, 3.63) is 0 Å². The van der Waals surface area contributed by atoms with Gasteiger partial charge in [0.15, 0.2) is 0 Å². The highest BCUT2D eigenvalue weighted by Crippen LogP contribution is 1.67. The third-order valence-corrected chi connectivity index (χ3v) is 0. The highest BCUT2D eigenvalue weighted by atomic mass is 31.0. The van der Waals surface area contributed by atoms with Gasteiger partial charge in [0.05, 0.1) is 0 Å². The number of hydrogen-bond acceptors (Lipinski definition) is 4. The molecule has 7 heavy (non-hydrogen) atoms. The normalized spacial score (nSPS) is 8.57. The van der Waals surface area contributed by atoms with Gasteiger partial charge < -0.3 is 19.2 Å². The predicted octanol–water partition coefficient (Wildman–Crippen LogP) is -3.47. The van der Waals surface area contributed by atoms with E-state index < -0.39 is 9.05 Å². The largest absolute Gasteiger partial charge is 0.668 e. The van der Waals surface area contributed by atoms with E-state index in [0.29, 0.717) is 0 Å². The summed E-state index contributed by atoms with van der Waals surface area (Å²) in [6.45, 7) is 0. The average molecular weight is 156 g/mol. The minimum Gasteiger partial charge on any atom is -0.368 e. The topological polar surface area (TPSA) is 80.9 Å². The summed E-state index contributed by atoms with van der Waals surface area (Å²) < 4.78 is 0. The molecule has 7 heteroatoms. The molecule has 44 valence electrons. The molecule has 1 atom stereocenters. The fourth-order valence-electron chi connectivity index (χ4n) is 0. The van der Waals surface area contributed by atoms with Crippen LogP contribution >= 0.6 is 9.90 Å². The second-order valence-electron chi connectivity index (χ2n) is 0.600. The molecule has 0 amide bonds. The molecule has 0 saturated heterocycles. The van der Waals surface area contributed by atoms with Gasteiger partial charge >= 0.3 is 32.1 Å². The number of hydrogen-bond donors (Lipinski definition) is 4. The van der Waals surface area contributed by atoms with Gasteiger partial charge in [-0.3, -0.25) is 0 Å². The van der Waals surface area contributed by atoms with Gasteiger partial charge in [0.1, 0.15) is 0 Å². The maximum absolute atomic E-state index is 7.33. The fourth-order valence-corrected chi connectivity index (χ4v) is 0. The molecular formula is H9MgO4PSi. The molecule has 0 spiro atoms. The summed E-state index contributed by atoms with van der Waals surface area (Å²) in [5.41, 5.74) is 0. The van der Waals surface area contributed by atoms with Gasteiger partial charge in [-0.2, -0.15) is 9.90 Å². The first-order chi connectivity index (χ1) is 2.00. The molecule has 0 aromatic carbocycles. The Kier molecular flexibility index (Phi) is 12.1. The lowest BCUT2D eigenvalue weighted by atomic mass is 15.7. The Balaban J connectivity index is -0.0000000800. The van der Waals surface area contributed by atoms with Gasteiger partial charge in [-0.1, -0.05) is 0 Å². The van der Waals surface area contributed by atoms with E-state index in [0.717, 1.165) is 0 Å². The standard InChI is InChI=1S/Mg.H4O4Si.H3P.2H/c;1-5(2,3)4;;;/h;1-4H;1H3;;. The Morgan fingerprint density at radius 3 is 0.857 bits per heavy atom. The quantitative estimate of drug-likeness (QED) is 0.217. The first kappa shape index (κ1) is 15.7. The highest BCUT2D eigenvalue weighted by molar-refractivity contribution is 6.92. The van der Waals surface area contributed by atoms with Crippen LogP contribution in [0.2, 0.25) is 0 Å². The first-order valence-electron chi connectivity index (χ1n) is 0.894. The average Bonchev–Trinajstić information content (AvgIpc) is 0.722. The van der Waals surface area contributed by atoms with E-state index in [1.807, 2.05) is 0 Å². The van der Waals surface area contributed by atoms with Gasteiger partial charge in [-0.25, -0.2) is 0 Å². The molecule has 0 aliphatic rings. The van der Waals surface area contributed by atoms with E-state index >= 15 is 0 Å². The monoisotopic (exact) mass is 156 g/mol. The zero-order chi connectivity index (χ0) is 4.50. The maximum Gasteiger partial charge on any atom is 0.668 e. The summed E-state index contributed by atoms with van der Waals surface area (Å²) >= 11 is 0. The predicted molar refractivity (Wildman–Crippen MR) is 34.3 cm³/mol. The Hall–Kier alpha value is 1.25.